The Morgan fingerprint density at radius 1 is 1.35 bits per heavy atom. The molecule has 0 radical (unpaired) electrons. The van der Waals surface area contributed by atoms with Gasteiger partial charge in [0, 0.05) is 18.0 Å². The van der Waals surface area contributed by atoms with E-state index >= 15 is 0 Å². The van der Waals surface area contributed by atoms with Gasteiger partial charge in [0.05, 0.1) is 19.2 Å². The largest absolute Gasteiger partial charge is 0.496 e. The molecule has 90 valence electrons. The molecule has 4 heteroatoms. The van der Waals surface area contributed by atoms with Crippen molar-refractivity contribution in [2.75, 3.05) is 13.7 Å². The van der Waals surface area contributed by atoms with Crippen LogP contribution in [-0.2, 0) is 6.54 Å². The van der Waals surface area contributed by atoms with E-state index in [9.17, 15) is 4.79 Å². The van der Waals surface area contributed by atoms with Crippen molar-refractivity contribution in [3.05, 3.63) is 40.2 Å². The molecule has 0 aliphatic heterocycles. The molecule has 0 saturated carbocycles. The fraction of sp³-hybridized carbons (Fsp3) is 0.308. The molecule has 4 nitrogen and oxygen atoms in total. The molecular formula is C13H15NO3. The van der Waals surface area contributed by atoms with Crippen molar-refractivity contribution >= 4 is 10.9 Å². The number of fused-ring (bicyclic) bond motifs is 1. The van der Waals surface area contributed by atoms with Crippen molar-refractivity contribution in [1.29, 1.82) is 0 Å². The lowest BCUT2D eigenvalue weighted by molar-refractivity contribution is 0.276. The fourth-order valence-electron chi connectivity index (χ4n) is 1.96. The average molecular weight is 233 g/mol. The highest BCUT2D eigenvalue weighted by Gasteiger charge is 2.08. The van der Waals surface area contributed by atoms with Crippen molar-refractivity contribution < 1.29 is 9.84 Å². The van der Waals surface area contributed by atoms with Gasteiger partial charge in [-0.15, -0.1) is 0 Å². The number of rotatable bonds is 3. The first kappa shape index (κ1) is 11.7. The minimum Gasteiger partial charge on any atom is -0.496 e. The Hall–Kier alpha value is -1.81. The van der Waals surface area contributed by atoms with Gasteiger partial charge in [-0.3, -0.25) is 4.79 Å². The molecule has 0 aliphatic rings. The first-order chi connectivity index (χ1) is 8.17. The number of aliphatic hydroxyl groups excluding tert-OH is 1. The number of ether oxygens (including phenoxy) is 1. The number of aliphatic hydroxyl groups is 1. The highest BCUT2D eigenvalue weighted by Crippen LogP contribution is 2.24. The number of hydrogen-bond acceptors (Lipinski definition) is 3. The molecule has 1 N–H and O–H groups in total. The molecule has 0 bridgehead atoms. The molecular weight excluding hydrogens is 218 g/mol. The summed E-state index contributed by atoms with van der Waals surface area (Å²) >= 11 is 0. The average Bonchev–Trinajstić information content (AvgIpc) is 2.32. The van der Waals surface area contributed by atoms with Gasteiger partial charge in [-0.25, -0.2) is 0 Å². The molecule has 0 fully saturated rings. The van der Waals surface area contributed by atoms with E-state index in [1.54, 1.807) is 11.7 Å². The van der Waals surface area contributed by atoms with Crippen molar-refractivity contribution in [2.24, 2.45) is 0 Å². The Bertz CT molecular complexity index is 601. The molecule has 0 atom stereocenters. The van der Waals surface area contributed by atoms with E-state index in [0.29, 0.717) is 12.3 Å². The summed E-state index contributed by atoms with van der Waals surface area (Å²) in [5, 5.41) is 9.89. The Morgan fingerprint density at radius 3 is 2.76 bits per heavy atom. The third-order valence-electron chi connectivity index (χ3n) is 2.77. The zero-order valence-corrected chi connectivity index (χ0v) is 9.93. The van der Waals surface area contributed by atoms with Gasteiger partial charge in [0.15, 0.2) is 0 Å². The van der Waals surface area contributed by atoms with Gasteiger partial charge in [-0.2, -0.15) is 0 Å². The maximum atomic E-state index is 11.9. The molecule has 0 spiro atoms. The number of benzene rings is 1. The Labute approximate surface area is 99.1 Å². The van der Waals surface area contributed by atoms with E-state index in [0.717, 1.165) is 16.5 Å². The normalized spacial score (nSPS) is 10.8. The second-order valence-electron chi connectivity index (χ2n) is 3.95. The molecule has 0 unspecified atom stereocenters. The predicted molar refractivity (Wildman–Crippen MR) is 66.6 cm³/mol. The van der Waals surface area contributed by atoms with Crippen molar-refractivity contribution in [3.63, 3.8) is 0 Å². The van der Waals surface area contributed by atoms with Crippen LogP contribution < -0.4 is 10.3 Å². The highest BCUT2D eigenvalue weighted by molar-refractivity contribution is 5.85. The van der Waals surface area contributed by atoms with Crippen LogP contribution in [0.15, 0.2) is 29.1 Å². The van der Waals surface area contributed by atoms with Crippen LogP contribution in [0.2, 0.25) is 0 Å². The van der Waals surface area contributed by atoms with Crippen molar-refractivity contribution in [2.45, 2.75) is 13.5 Å². The van der Waals surface area contributed by atoms with Gasteiger partial charge in [0.2, 0.25) is 0 Å². The van der Waals surface area contributed by atoms with Crippen LogP contribution in [0.5, 0.6) is 5.75 Å². The first-order valence-corrected chi connectivity index (χ1v) is 5.46. The van der Waals surface area contributed by atoms with Crippen LogP contribution in [0.3, 0.4) is 0 Å². The summed E-state index contributed by atoms with van der Waals surface area (Å²) in [6.45, 7) is 2.20. The Morgan fingerprint density at radius 2 is 2.12 bits per heavy atom. The Kier molecular flexibility index (Phi) is 3.15. The molecule has 0 saturated heterocycles. The SMILES string of the molecule is COc1cc(=O)n(CCO)c2cc(C)ccc12. The second kappa shape index (κ2) is 4.59. The molecule has 1 heterocycles. The number of methoxy groups -OCH3 is 1. The van der Waals surface area contributed by atoms with Gasteiger partial charge < -0.3 is 14.4 Å². The number of pyridine rings is 1. The molecule has 1 aromatic carbocycles. The summed E-state index contributed by atoms with van der Waals surface area (Å²) in [7, 11) is 1.55. The van der Waals surface area contributed by atoms with E-state index in [4.69, 9.17) is 9.84 Å². The Balaban J connectivity index is 2.84. The van der Waals surface area contributed by atoms with Crippen LogP contribution in [-0.4, -0.2) is 23.4 Å². The lowest BCUT2D eigenvalue weighted by atomic mass is 10.1. The van der Waals surface area contributed by atoms with E-state index in [1.807, 2.05) is 25.1 Å². The minimum absolute atomic E-state index is 0.0602. The van der Waals surface area contributed by atoms with Crippen LogP contribution in [0.4, 0.5) is 0 Å². The maximum absolute atomic E-state index is 11.9. The minimum atomic E-state index is -0.158. The smallest absolute Gasteiger partial charge is 0.254 e. The summed E-state index contributed by atoms with van der Waals surface area (Å²) in [5.41, 5.74) is 1.70. The number of aryl methyl sites for hydroxylation is 1. The lowest BCUT2D eigenvalue weighted by Gasteiger charge is -2.12. The molecule has 0 aliphatic carbocycles. The second-order valence-corrected chi connectivity index (χ2v) is 3.95. The van der Waals surface area contributed by atoms with Crippen LogP contribution in [0, 0.1) is 6.92 Å². The lowest BCUT2D eigenvalue weighted by Crippen LogP contribution is -2.21. The monoisotopic (exact) mass is 233 g/mol. The predicted octanol–water partition coefficient (Wildman–Crippen LogP) is 1.31. The summed E-state index contributed by atoms with van der Waals surface area (Å²) in [6.07, 6.45) is 0. The molecule has 1 aromatic heterocycles. The van der Waals surface area contributed by atoms with Gasteiger partial charge in [0.1, 0.15) is 5.75 Å². The molecule has 17 heavy (non-hydrogen) atoms. The van der Waals surface area contributed by atoms with E-state index in [2.05, 4.69) is 0 Å². The fourth-order valence-corrected chi connectivity index (χ4v) is 1.96. The van der Waals surface area contributed by atoms with Crippen LogP contribution >= 0.6 is 0 Å². The van der Waals surface area contributed by atoms with Crippen LogP contribution in [0.25, 0.3) is 10.9 Å². The third kappa shape index (κ3) is 2.03. The number of aromatic nitrogens is 1. The van der Waals surface area contributed by atoms with Gasteiger partial charge in [-0.05, 0) is 24.6 Å². The molecule has 2 aromatic rings. The topological polar surface area (TPSA) is 51.5 Å². The van der Waals surface area contributed by atoms with Gasteiger partial charge in [-0.1, -0.05) is 6.07 Å². The van der Waals surface area contributed by atoms with Gasteiger partial charge in [0.25, 0.3) is 5.56 Å². The summed E-state index contributed by atoms with van der Waals surface area (Å²) in [4.78, 5) is 11.9. The van der Waals surface area contributed by atoms with E-state index in [1.165, 1.54) is 6.07 Å². The number of nitrogens with zero attached hydrogens (tertiary/aromatic N) is 1. The quantitative estimate of drug-likeness (QED) is 0.869. The summed E-state index contributed by atoms with van der Waals surface area (Å²) in [5.74, 6) is 0.569. The van der Waals surface area contributed by atoms with Crippen molar-refractivity contribution in [3.8, 4) is 5.75 Å². The zero-order chi connectivity index (χ0) is 12.4. The third-order valence-corrected chi connectivity index (χ3v) is 2.77. The number of hydrogen-bond donors (Lipinski definition) is 1. The standard InChI is InChI=1S/C13H15NO3/c1-9-3-4-10-11(7-9)14(5-6-15)13(16)8-12(10)17-2/h3-4,7-8,15H,5-6H2,1-2H3. The van der Waals surface area contributed by atoms with E-state index in [-0.39, 0.29) is 12.2 Å². The highest BCUT2D eigenvalue weighted by atomic mass is 16.5. The maximum Gasteiger partial charge on any atom is 0.254 e. The summed E-state index contributed by atoms with van der Waals surface area (Å²) < 4.78 is 6.77. The molecule has 0 amide bonds. The van der Waals surface area contributed by atoms with Crippen molar-refractivity contribution in [1.82, 2.24) is 4.57 Å². The van der Waals surface area contributed by atoms with Crippen LogP contribution in [0.1, 0.15) is 5.56 Å². The zero-order valence-electron chi connectivity index (χ0n) is 9.93. The van der Waals surface area contributed by atoms with Gasteiger partial charge >= 0.3 is 0 Å². The summed E-state index contributed by atoms with van der Waals surface area (Å²) in [6, 6.07) is 7.28. The first-order valence-electron chi connectivity index (χ1n) is 5.46. The molecule has 2 rings (SSSR count). The van der Waals surface area contributed by atoms with E-state index < -0.39 is 0 Å².